The molecule has 1 fully saturated rings. The van der Waals surface area contributed by atoms with Crippen molar-refractivity contribution in [3.63, 3.8) is 0 Å². The molecule has 1 atom stereocenters. The van der Waals surface area contributed by atoms with Crippen LogP contribution >= 0.6 is 0 Å². The number of aliphatic hydroxyl groups is 1. The van der Waals surface area contributed by atoms with Crippen molar-refractivity contribution < 1.29 is 9.90 Å². The van der Waals surface area contributed by atoms with Gasteiger partial charge in [-0.05, 0) is 43.0 Å². The first-order valence-electron chi connectivity index (χ1n) is 8.19. The molecule has 0 spiro atoms. The highest BCUT2D eigenvalue weighted by Gasteiger charge is 2.36. The molecule has 2 N–H and O–H groups in total. The molecule has 1 saturated carbocycles. The second-order valence-corrected chi connectivity index (χ2v) is 6.73. The number of aryl methyl sites for hydroxylation is 1. The van der Waals surface area contributed by atoms with E-state index in [2.05, 4.69) is 10.4 Å². The van der Waals surface area contributed by atoms with Crippen LogP contribution in [0.15, 0.2) is 36.7 Å². The molecule has 1 aliphatic rings. The first kappa shape index (κ1) is 16.5. The van der Waals surface area contributed by atoms with Crippen molar-refractivity contribution in [3.8, 4) is 0 Å². The molecule has 1 amide bonds. The summed E-state index contributed by atoms with van der Waals surface area (Å²) in [6, 6.07) is 7.41. The molecular weight excluding hydrogens is 304 g/mol. The number of nitrogens with one attached hydrogen (secondary N) is 1. The molecule has 24 heavy (non-hydrogen) atoms. The lowest BCUT2D eigenvalue weighted by molar-refractivity contribution is 0.0235. The van der Waals surface area contributed by atoms with E-state index >= 15 is 0 Å². The van der Waals surface area contributed by atoms with Gasteiger partial charge in [0.15, 0.2) is 0 Å². The normalized spacial score (nSPS) is 21.0. The summed E-state index contributed by atoms with van der Waals surface area (Å²) >= 11 is 0. The summed E-state index contributed by atoms with van der Waals surface area (Å²) < 4.78 is 1.73. The Kier molecular flexibility index (Phi) is 4.57. The van der Waals surface area contributed by atoms with Gasteiger partial charge in [0.2, 0.25) is 0 Å². The number of hydrogen-bond acceptors (Lipinski definition) is 4. The van der Waals surface area contributed by atoms with E-state index in [1.54, 1.807) is 10.9 Å². The fourth-order valence-corrected chi connectivity index (χ4v) is 3.11. The van der Waals surface area contributed by atoms with Gasteiger partial charge in [-0.25, -0.2) is 0 Å². The summed E-state index contributed by atoms with van der Waals surface area (Å²) in [4.78, 5) is 14.6. The van der Waals surface area contributed by atoms with E-state index in [0.717, 1.165) is 11.3 Å². The SMILES string of the molecule is CN(C)c1ccc(C(=O)N[C@@H](c2cnn(C)c2)C2CC(O)C2)cc1. The molecule has 6 heteroatoms. The molecular formula is C18H24N4O2. The molecule has 0 bridgehead atoms. The van der Waals surface area contributed by atoms with Crippen molar-refractivity contribution in [3.05, 3.63) is 47.8 Å². The molecule has 3 rings (SSSR count). The smallest absolute Gasteiger partial charge is 0.251 e. The van der Waals surface area contributed by atoms with Crippen LogP contribution in [0.5, 0.6) is 0 Å². The maximum atomic E-state index is 12.6. The van der Waals surface area contributed by atoms with Gasteiger partial charge < -0.3 is 15.3 Å². The molecule has 1 heterocycles. The predicted molar refractivity (Wildman–Crippen MR) is 92.9 cm³/mol. The van der Waals surface area contributed by atoms with Crippen LogP contribution in [0.2, 0.25) is 0 Å². The van der Waals surface area contributed by atoms with E-state index < -0.39 is 0 Å². The molecule has 2 aromatic rings. The van der Waals surface area contributed by atoms with Gasteiger partial charge >= 0.3 is 0 Å². The zero-order valence-electron chi connectivity index (χ0n) is 14.3. The summed E-state index contributed by atoms with van der Waals surface area (Å²) in [5.41, 5.74) is 2.67. The van der Waals surface area contributed by atoms with Crippen molar-refractivity contribution in [2.75, 3.05) is 19.0 Å². The van der Waals surface area contributed by atoms with Crippen molar-refractivity contribution in [2.24, 2.45) is 13.0 Å². The Morgan fingerprint density at radius 1 is 1.33 bits per heavy atom. The summed E-state index contributed by atoms with van der Waals surface area (Å²) in [7, 11) is 5.79. The minimum atomic E-state index is -0.259. The van der Waals surface area contributed by atoms with E-state index in [1.807, 2.05) is 56.5 Å². The van der Waals surface area contributed by atoms with Crippen LogP contribution < -0.4 is 10.2 Å². The van der Waals surface area contributed by atoms with Gasteiger partial charge in [0.1, 0.15) is 0 Å². The van der Waals surface area contributed by atoms with Gasteiger partial charge in [0, 0.05) is 44.2 Å². The number of benzene rings is 1. The molecule has 1 aromatic heterocycles. The lowest BCUT2D eigenvalue weighted by atomic mass is 9.75. The Balaban J connectivity index is 1.75. The Bertz CT molecular complexity index is 702. The largest absolute Gasteiger partial charge is 0.393 e. The zero-order chi connectivity index (χ0) is 17.3. The Morgan fingerprint density at radius 3 is 2.50 bits per heavy atom. The Morgan fingerprint density at radius 2 is 2.00 bits per heavy atom. The van der Waals surface area contributed by atoms with Crippen molar-refractivity contribution >= 4 is 11.6 Å². The maximum absolute atomic E-state index is 12.6. The lowest BCUT2D eigenvalue weighted by Crippen LogP contribution is -2.41. The summed E-state index contributed by atoms with van der Waals surface area (Å²) in [5, 5.41) is 16.9. The summed E-state index contributed by atoms with van der Waals surface area (Å²) in [6.45, 7) is 0. The summed E-state index contributed by atoms with van der Waals surface area (Å²) in [6.07, 6.45) is 4.86. The summed E-state index contributed by atoms with van der Waals surface area (Å²) in [5.74, 6) is 0.143. The average Bonchev–Trinajstić information content (AvgIpc) is 2.96. The predicted octanol–water partition coefficient (Wildman–Crippen LogP) is 1.73. The molecule has 0 unspecified atom stereocenters. The molecule has 1 aromatic carbocycles. The van der Waals surface area contributed by atoms with Gasteiger partial charge in [0.25, 0.3) is 5.91 Å². The average molecular weight is 328 g/mol. The maximum Gasteiger partial charge on any atom is 0.251 e. The minimum absolute atomic E-state index is 0.101. The van der Waals surface area contributed by atoms with Crippen LogP contribution in [0, 0.1) is 5.92 Å². The van der Waals surface area contributed by atoms with Crippen molar-refractivity contribution in [2.45, 2.75) is 25.0 Å². The van der Waals surface area contributed by atoms with Gasteiger partial charge in [0.05, 0.1) is 18.3 Å². The number of aromatic nitrogens is 2. The van der Waals surface area contributed by atoms with Crippen LogP contribution in [0.25, 0.3) is 0 Å². The van der Waals surface area contributed by atoms with E-state index in [4.69, 9.17) is 0 Å². The number of hydrogen-bond donors (Lipinski definition) is 2. The number of anilines is 1. The highest BCUT2D eigenvalue weighted by atomic mass is 16.3. The third-order valence-electron chi connectivity index (χ3n) is 4.64. The Hall–Kier alpha value is -2.34. The molecule has 0 radical (unpaired) electrons. The second-order valence-electron chi connectivity index (χ2n) is 6.73. The van der Waals surface area contributed by atoms with Crippen molar-refractivity contribution in [1.82, 2.24) is 15.1 Å². The first-order chi connectivity index (χ1) is 11.4. The molecule has 0 aliphatic heterocycles. The fourth-order valence-electron chi connectivity index (χ4n) is 3.11. The van der Waals surface area contributed by atoms with Crippen molar-refractivity contribution in [1.29, 1.82) is 0 Å². The van der Waals surface area contributed by atoms with Gasteiger partial charge in [-0.3, -0.25) is 9.48 Å². The number of nitrogens with zero attached hydrogens (tertiary/aromatic N) is 3. The van der Waals surface area contributed by atoms with Crippen LogP contribution in [0.1, 0.15) is 34.8 Å². The van der Waals surface area contributed by atoms with E-state index in [0.29, 0.717) is 18.4 Å². The van der Waals surface area contributed by atoms with E-state index in [-0.39, 0.29) is 24.0 Å². The van der Waals surface area contributed by atoms with Gasteiger partial charge in [-0.2, -0.15) is 5.10 Å². The first-order valence-corrected chi connectivity index (χ1v) is 8.19. The number of rotatable bonds is 5. The minimum Gasteiger partial charge on any atom is -0.393 e. The highest BCUT2D eigenvalue weighted by Crippen LogP contribution is 2.38. The van der Waals surface area contributed by atoms with E-state index in [9.17, 15) is 9.90 Å². The molecule has 128 valence electrons. The number of carbonyl (C=O) groups excluding carboxylic acids is 1. The van der Waals surface area contributed by atoms with Crippen LogP contribution in [0.4, 0.5) is 5.69 Å². The van der Waals surface area contributed by atoms with E-state index in [1.165, 1.54) is 0 Å². The zero-order valence-corrected chi connectivity index (χ0v) is 14.3. The number of amides is 1. The third-order valence-corrected chi connectivity index (χ3v) is 4.64. The Labute approximate surface area is 142 Å². The fraction of sp³-hybridized carbons (Fsp3) is 0.444. The van der Waals surface area contributed by atoms with Gasteiger partial charge in [-0.1, -0.05) is 0 Å². The second kappa shape index (κ2) is 6.65. The lowest BCUT2D eigenvalue weighted by Gasteiger charge is -2.37. The highest BCUT2D eigenvalue weighted by molar-refractivity contribution is 5.94. The number of carbonyl (C=O) groups is 1. The van der Waals surface area contributed by atoms with Crippen LogP contribution in [0.3, 0.4) is 0 Å². The quantitative estimate of drug-likeness (QED) is 0.877. The number of aliphatic hydroxyl groups excluding tert-OH is 1. The van der Waals surface area contributed by atoms with Gasteiger partial charge in [-0.15, -0.1) is 0 Å². The topological polar surface area (TPSA) is 70.4 Å². The van der Waals surface area contributed by atoms with Crippen LogP contribution in [-0.4, -0.2) is 41.0 Å². The standard InChI is InChI=1S/C18H24N4O2/c1-21(2)15-6-4-12(5-7-15)18(24)20-17(13-8-16(23)9-13)14-10-19-22(3)11-14/h4-7,10-11,13,16-17,23H,8-9H2,1-3H3,(H,20,24)/t13?,16?,17-/m1/s1. The molecule has 1 aliphatic carbocycles. The monoisotopic (exact) mass is 328 g/mol. The molecule has 0 saturated heterocycles. The third kappa shape index (κ3) is 3.43. The molecule has 6 nitrogen and oxygen atoms in total. The van der Waals surface area contributed by atoms with Crippen LogP contribution in [-0.2, 0) is 7.05 Å².